The third-order valence-corrected chi connectivity index (χ3v) is 5.15. The van der Waals surface area contributed by atoms with Gasteiger partial charge < -0.3 is 10.6 Å². The van der Waals surface area contributed by atoms with Crippen LogP contribution in [-0.4, -0.2) is 33.8 Å². The molecule has 3 aromatic rings. The molecule has 4 rings (SSSR count). The molecule has 6 nitrogen and oxygen atoms in total. The van der Waals surface area contributed by atoms with Crippen molar-refractivity contribution in [3.05, 3.63) is 66.6 Å². The van der Waals surface area contributed by atoms with Gasteiger partial charge in [0.2, 0.25) is 5.91 Å². The minimum atomic E-state index is 0. The molecule has 0 aliphatic carbocycles. The van der Waals surface area contributed by atoms with Gasteiger partial charge in [0.15, 0.2) is 0 Å². The molecular weight excluding hydrogens is 409 g/mol. The number of aromatic nitrogens is 3. The van der Waals surface area contributed by atoms with Crippen LogP contribution >= 0.6 is 24.8 Å². The first kappa shape index (κ1) is 22.9. The molecular formula is C21H25Cl2N5O. The maximum absolute atomic E-state index is 12.5. The Labute approximate surface area is 182 Å². The second-order valence-electron chi connectivity index (χ2n) is 6.94. The van der Waals surface area contributed by atoms with Crippen LogP contribution in [0.2, 0.25) is 0 Å². The van der Waals surface area contributed by atoms with E-state index in [1.165, 1.54) is 0 Å². The fourth-order valence-corrected chi connectivity index (χ4v) is 3.23. The van der Waals surface area contributed by atoms with Crippen molar-refractivity contribution in [3.8, 4) is 16.9 Å². The first-order chi connectivity index (χ1) is 13.2. The third kappa shape index (κ3) is 5.15. The van der Waals surface area contributed by atoms with Crippen molar-refractivity contribution < 1.29 is 4.79 Å². The van der Waals surface area contributed by atoms with E-state index < -0.39 is 0 Å². The Hall–Kier alpha value is -2.41. The maximum Gasteiger partial charge on any atom is 0.223 e. The number of pyridine rings is 1. The average Bonchev–Trinajstić information content (AvgIpc) is 3.10. The quantitative estimate of drug-likeness (QED) is 0.625. The number of rotatable bonds is 6. The van der Waals surface area contributed by atoms with Crippen molar-refractivity contribution in [2.75, 3.05) is 13.1 Å². The van der Waals surface area contributed by atoms with E-state index in [2.05, 4.69) is 15.6 Å². The highest BCUT2D eigenvalue weighted by Gasteiger charge is 2.28. The molecule has 1 aliphatic heterocycles. The van der Waals surface area contributed by atoms with Crippen LogP contribution in [-0.2, 0) is 11.3 Å². The Kier molecular flexibility index (Phi) is 8.20. The van der Waals surface area contributed by atoms with E-state index in [1.807, 2.05) is 60.3 Å². The van der Waals surface area contributed by atoms with Gasteiger partial charge in [0.25, 0.3) is 0 Å². The van der Waals surface area contributed by atoms with Gasteiger partial charge in [-0.1, -0.05) is 25.1 Å². The summed E-state index contributed by atoms with van der Waals surface area (Å²) in [5, 5.41) is 11.1. The summed E-state index contributed by atoms with van der Waals surface area (Å²) in [7, 11) is 0. The smallest absolute Gasteiger partial charge is 0.223 e. The highest BCUT2D eigenvalue weighted by molar-refractivity contribution is 5.85. The molecule has 2 N–H and O–H groups in total. The number of carbonyl (C=O) groups is 1. The lowest BCUT2D eigenvalue weighted by Crippen LogP contribution is -2.49. The first-order valence-electron chi connectivity index (χ1n) is 9.25. The van der Waals surface area contributed by atoms with Gasteiger partial charge >= 0.3 is 0 Å². The van der Waals surface area contributed by atoms with Gasteiger partial charge in [0, 0.05) is 42.2 Å². The fraction of sp³-hybridized carbons (Fsp3) is 0.286. The van der Waals surface area contributed by atoms with E-state index in [9.17, 15) is 4.79 Å². The van der Waals surface area contributed by atoms with Gasteiger partial charge in [-0.3, -0.25) is 9.78 Å². The molecule has 0 radical (unpaired) electrons. The van der Waals surface area contributed by atoms with Crippen LogP contribution < -0.4 is 10.6 Å². The zero-order chi connectivity index (χ0) is 18.6. The fourth-order valence-electron chi connectivity index (χ4n) is 3.23. The van der Waals surface area contributed by atoms with Gasteiger partial charge in [-0.05, 0) is 43.3 Å². The van der Waals surface area contributed by atoms with E-state index in [4.69, 9.17) is 5.10 Å². The van der Waals surface area contributed by atoms with Crippen LogP contribution in [0, 0.1) is 11.8 Å². The third-order valence-electron chi connectivity index (χ3n) is 5.15. The Morgan fingerprint density at radius 2 is 1.86 bits per heavy atom. The molecule has 29 heavy (non-hydrogen) atoms. The predicted octanol–water partition coefficient (Wildman–Crippen LogP) is 3.25. The molecule has 0 bridgehead atoms. The summed E-state index contributed by atoms with van der Waals surface area (Å²) in [4.78, 5) is 16.6. The van der Waals surface area contributed by atoms with Crippen LogP contribution in [0.15, 0.2) is 61.1 Å². The van der Waals surface area contributed by atoms with E-state index in [0.29, 0.717) is 12.5 Å². The van der Waals surface area contributed by atoms with Gasteiger partial charge in [-0.25, -0.2) is 4.68 Å². The summed E-state index contributed by atoms with van der Waals surface area (Å²) in [6.45, 7) is 4.29. The number of carbonyl (C=O) groups excluding carboxylic acids is 1. The second-order valence-corrected chi connectivity index (χ2v) is 6.94. The summed E-state index contributed by atoms with van der Waals surface area (Å²) >= 11 is 0. The summed E-state index contributed by atoms with van der Waals surface area (Å²) in [5.41, 5.74) is 3.82. The molecule has 1 amide bonds. The molecule has 1 aromatic carbocycles. The zero-order valence-corrected chi connectivity index (χ0v) is 17.7. The summed E-state index contributed by atoms with van der Waals surface area (Å²) in [6, 6.07) is 13.8. The topological polar surface area (TPSA) is 71.8 Å². The van der Waals surface area contributed by atoms with E-state index in [0.717, 1.165) is 35.6 Å². The summed E-state index contributed by atoms with van der Waals surface area (Å²) in [5.74, 6) is 0.533. The van der Waals surface area contributed by atoms with Crippen molar-refractivity contribution in [3.63, 3.8) is 0 Å². The Morgan fingerprint density at radius 3 is 2.48 bits per heavy atom. The van der Waals surface area contributed by atoms with Crippen LogP contribution in [0.3, 0.4) is 0 Å². The molecule has 3 heterocycles. The molecule has 154 valence electrons. The van der Waals surface area contributed by atoms with Crippen LogP contribution in [0.1, 0.15) is 12.5 Å². The molecule has 1 atom stereocenters. The molecule has 8 heteroatoms. The maximum atomic E-state index is 12.5. The van der Waals surface area contributed by atoms with Crippen molar-refractivity contribution >= 4 is 30.7 Å². The molecule has 1 aliphatic rings. The zero-order valence-electron chi connectivity index (χ0n) is 16.1. The number of hydrogen-bond acceptors (Lipinski definition) is 4. The predicted molar refractivity (Wildman–Crippen MR) is 119 cm³/mol. The lowest BCUT2D eigenvalue weighted by atomic mass is 9.88. The van der Waals surface area contributed by atoms with Gasteiger partial charge in [0.1, 0.15) is 0 Å². The monoisotopic (exact) mass is 433 g/mol. The van der Waals surface area contributed by atoms with E-state index in [1.54, 1.807) is 12.4 Å². The van der Waals surface area contributed by atoms with Gasteiger partial charge in [-0.2, -0.15) is 5.10 Å². The lowest BCUT2D eigenvalue weighted by Gasteiger charge is -2.31. The second kappa shape index (κ2) is 10.4. The summed E-state index contributed by atoms with van der Waals surface area (Å²) < 4.78 is 1.86. The number of nitrogens with one attached hydrogen (secondary N) is 2. The molecule has 1 fully saturated rings. The Morgan fingerprint density at radius 1 is 1.17 bits per heavy atom. The molecule has 1 saturated heterocycles. The van der Waals surface area contributed by atoms with Crippen LogP contribution in [0.5, 0.6) is 0 Å². The van der Waals surface area contributed by atoms with Crippen molar-refractivity contribution in [1.29, 1.82) is 0 Å². The van der Waals surface area contributed by atoms with Crippen molar-refractivity contribution in [1.82, 2.24) is 25.4 Å². The Bertz CT molecular complexity index is 913. The lowest BCUT2D eigenvalue weighted by molar-refractivity contribution is -0.126. The van der Waals surface area contributed by atoms with Crippen molar-refractivity contribution in [2.24, 2.45) is 11.8 Å². The molecule has 0 saturated carbocycles. The standard InChI is InChI=1S/C21H23N5O.2ClH/c1-15(17-11-23-12-17)21(27)24-13-18-14-26(19-5-3-2-4-6-19)25-20(18)16-7-9-22-10-8-16;;/h2-10,14-15,17,23H,11-13H2,1H3,(H,24,27);2*1H. The Balaban J connectivity index is 0.00000150. The number of benzene rings is 1. The number of nitrogens with zero attached hydrogens (tertiary/aromatic N) is 3. The van der Waals surface area contributed by atoms with Gasteiger partial charge in [-0.15, -0.1) is 24.8 Å². The van der Waals surface area contributed by atoms with Gasteiger partial charge in [0.05, 0.1) is 11.4 Å². The first-order valence-corrected chi connectivity index (χ1v) is 9.25. The normalized spacial score (nSPS) is 14.1. The number of amides is 1. The van der Waals surface area contributed by atoms with Crippen LogP contribution in [0.4, 0.5) is 0 Å². The largest absolute Gasteiger partial charge is 0.352 e. The number of para-hydroxylation sites is 1. The van der Waals surface area contributed by atoms with Crippen molar-refractivity contribution in [2.45, 2.75) is 13.5 Å². The number of hydrogen-bond donors (Lipinski definition) is 2. The van der Waals surface area contributed by atoms with E-state index >= 15 is 0 Å². The highest BCUT2D eigenvalue weighted by Crippen LogP contribution is 2.23. The minimum absolute atomic E-state index is 0. The SMILES string of the molecule is CC(C(=O)NCc1cn(-c2ccccc2)nc1-c1ccncc1)C1CNC1.Cl.Cl. The number of halogens is 2. The minimum Gasteiger partial charge on any atom is -0.352 e. The van der Waals surface area contributed by atoms with Crippen LogP contribution in [0.25, 0.3) is 16.9 Å². The summed E-state index contributed by atoms with van der Waals surface area (Å²) in [6.07, 6.45) is 5.50. The molecule has 1 unspecified atom stereocenters. The average molecular weight is 434 g/mol. The van der Waals surface area contributed by atoms with E-state index in [-0.39, 0.29) is 36.6 Å². The highest BCUT2D eigenvalue weighted by atomic mass is 35.5. The molecule has 2 aromatic heterocycles. The molecule has 0 spiro atoms.